The van der Waals surface area contributed by atoms with Crippen LogP contribution in [0.15, 0.2) is 42.5 Å². The molecule has 2 aromatic carbocycles. The SMILES string of the molecule is CCc1cc(C(F)(F)F)ccc1/C=C/c1cccc(C(F)(F)F)c1. The number of hydrogen-bond acceptors (Lipinski definition) is 0. The molecule has 0 N–H and O–H groups in total. The molecule has 0 atom stereocenters. The van der Waals surface area contributed by atoms with Crippen molar-refractivity contribution < 1.29 is 26.3 Å². The Morgan fingerprint density at radius 1 is 0.792 bits per heavy atom. The second kappa shape index (κ2) is 6.71. The van der Waals surface area contributed by atoms with Crippen molar-refractivity contribution in [1.82, 2.24) is 0 Å². The minimum atomic E-state index is -4.44. The predicted octanol–water partition coefficient (Wildman–Crippen LogP) is 6.46. The van der Waals surface area contributed by atoms with Crippen LogP contribution < -0.4 is 0 Å². The lowest BCUT2D eigenvalue weighted by atomic mass is 10.00. The van der Waals surface area contributed by atoms with Crippen molar-refractivity contribution >= 4 is 12.2 Å². The van der Waals surface area contributed by atoms with E-state index in [9.17, 15) is 26.3 Å². The Kier molecular flexibility index (Phi) is 5.06. The Labute approximate surface area is 135 Å². The summed E-state index contributed by atoms with van der Waals surface area (Å²) in [5.41, 5.74) is -0.161. The Morgan fingerprint density at radius 2 is 1.42 bits per heavy atom. The van der Waals surface area contributed by atoms with E-state index in [1.807, 2.05) is 0 Å². The molecule has 0 aliphatic carbocycles. The molecule has 0 saturated heterocycles. The number of rotatable bonds is 3. The van der Waals surface area contributed by atoms with Gasteiger partial charge in [-0.3, -0.25) is 0 Å². The quantitative estimate of drug-likeness (QED) is 0.443. The summed E-state index contributed by atoms with van der Waals surface area (Å²) in [4.78, 5) is 0. The molecular formula is C18H14F6. The minimum Gasteiger partial charge on any atom is -0.166 e. The van der Waals surface area contributed by atoms with Gasteiger partial charge in [-0.15, -0.1) is 0 Å². The van der Waals surface area contributed by atoms with Crippen LogP contribution in [-0.4, -0.2) is 0 Å². The zero-order valence-electron chi connectivity index (χ0n) is 12.7. The van der Waals surface area contributed by atoms with Gasteiger partial charge in [0.25, 0.3) is 0 Å². The van der Waals surface area contributed by atoms with Crippen molar-refractivity contribution in [2.75, 3.05) is 0 Å². The Balaban J connectivity index is 2.32. The largest absolute Gasteiger partial charge is 0.416 e. The maximum absolute atomic E-state index is 12.7. The highest BCUT2D eigenvalue weighted by Crippen LogP contribution is 2.32. The van der Waals surface area contributed by atoms with Crippen LogP contribution in [0.3, 0.4) is 0 Å². The molecule has 6 heteroatoms. The zero-order chi connectivity index (χ0) is 18.0. The van der Waals surface area contributed by atoms with Gasteiger partial charge in [-0.25, -0.2) is 0 Å². The third-order valence-corrected chi connectivity index (χ3v) is 3.52. The van der Waals surface area contributed by atoms with Gasteiger partial charge in [-0.2, -0.15) is 26.3 Å². The van der Waals surface area contributed by atoms with E-state index >= 15 is 0 Å². The molecule has 0 unspecified atom stereocenters. The van der Waals surface area contributed by atoms with Crippen molar-refractivity contribution in [2.24, 2.45) is 0 Å². The van der Waals surface area contributed by atoms with E-state index in [0.717, 1.165) is 24.3 Å². The summed E-state index contributed by atoms with van der Waals surface area (Å²) < 4.78 is 76.2. The highest BCUT2D eigenvalue weighted by molar-refractivity contribution is 5.71. The first-order valence-corrected chi connectivity index (χ1v) is 7.16. The summed E-state index contributed by atoms with van der Waals surface area (Å²) in [7, 11) is 0. The summed E-state index contributed by atoms with van der Waals surface area (Å²) >= 11 is 0. The standard InChI is InChI=1S/C18H14F6/c1-2-13-11-16(18(22,23)24)9-8-14(13)7-6-12-4-3-5-15(10-12)17(19,20)21/h3-11H,2H2,1H3/b7-6+. The first kappa shape index (κ1) is 18.1. The summed E-state index contributed by atoms with van der Waals surface area (Å²) in [6.07, 6.45) is -5.50. The molecule has 0 nitrogen and oxygen atoms in total. The van der Waals surface area contributed by atoms with Crippen LogP contribution in [0.25, 0.3) is 12.2 Å². The normalized spacial score (nSPS) is 12.8. The fourth-order valence-corrected chi connectivity index (χ4v) is 2.26. The molecule has 0 bridgehead atoms. The van der Waals surface area contributed by atoms with Gasteiger partial charge >= 0.3 is 12.4 Å². The van der Waals surface area contributed by atoms with Crippen molar-refractivity contribution in [3.8, 4) is 0 Å². The van der Waals surface area contributed by atoms with E-state index in [2.05, 4.69) is 0 Å². The van der Waals surface area contributed by atoms with E-state index < -0.39 is 23.5 Å². The van der Waals surface area contributed by atoms with Gasteiger partial charge in [0.05, 0.1) is 11.1 Å². The number of alkyl halides is 6. The molecule has 128 valence electrons. The molecule has 2 rings (SSSR count). The molecule has 0 heterocycles. The topological polar surface area (TPSA) is 0 Å². The van der Waals surface area contributed by atoms with Gasteiger partial charge in [0, 0.05) is 0 Å². The Bertz CT molecular complexity index is 738. The average Bonchev–Trinajstić information content (AvgIpc) is 2.51. The van der Waals surface area contributed by atoms with Crippen LogP contribution in [0, 0.1) is 0 Å². The lowest BCUT2D eigenvalue weighted by molar-refractivity contribution is -0.138. The van der Waals surface area contributed by atoms with Gasteiger partial charge in [-0.05, 0) is 47.4 Å². The van der Waals surface area contributed by atoms with E-state index in [4.69, 9.17) is 0 Å². The third kappa shape index (κ3) is 4.40. The van der Waals surface area contributed by atoms with Gasteiger partial charge in [0.1, 0.15) is 0 Å². The van der Waals surface area contributed by atoms with E-state index in [0.29, 0.717) is 23.1 Å². The van der Waals surface area contributed by atoms with E-state index in [1.165, 1.54) is 30.4 Å². The van der Waals surface area contributed by atoms with E-state index in [1.54, 1.807) is 6.92 Å². The molecular weight excluding hydrogens is 330 g/mol. The maximum atomic E-state index is 12.7. The highest BCUT2D eigenvalue weighted by Gasteiger charge is 2.31. The van der Waals surface area contributed by atoms with Crippen LogP contribution in [0.5, 0.6) is 0 Å². The molecule has 0 fully saturated rings. The monoisotopic (exact) mass is 344 g/mol. The summed E-state index contributed by atoms with van der Waals surface area (Å²) in [6, 6.07) is 8.10. The van der Waals surface area contributed by atoms with Crippen LogP contribution in [0.4, 0.5) is 26.3 Å². The first-order valence-electron chi connectivity index (χ1n) is 7.16. The molecule has 0 aromatic heterocycles. The second-order valence-corrected chi connectivity index (χ2v) is 5.22. The second-order valence-electron chi connectivity index (χ2n) is 5.22. The lowest BCUT2D eigenvalue weighted by Crippen LogP contribution is -2.06. The highest BCUT2D eigenvalue weighted by atomic mass is 19.4. The fraction of sp³-hybridized carbons (Fsp3) is 0.222. The molecule has 2 aromatic rings. The minimum absolute atomic E-state index is 0.326. The van der Waals surface area contributed by atoms with E-state index in [-0.39, 0.29) is 0 Å². The van der Waals surface area contributed by atoms with Gasteiger partial charge in [-0.1, -0.05) is 37.3 Å². The molecule has 0 amide bonds. The summed E-state index contributed by atoms with van der Waals surface area (Å²) in [5, 5.41) is 0. The van der Waals surface area contributed by atoms with Crippen molar-refractivity contribution in [2.45, 2.75) is 25.7 Å². The van der Waals surface area contributed by atoms with Gasteiger partial charge in [0.2, 0.25) is 0 Å². The molecule has 0 aliphatic heterocycles. The number of hydrogen-bond donors (Lipinski definition) is 0. The average molecular weight is 344 g/mol. The first-order chi connectivity index (χ1) is 11.1. The van der Waals surface area contributed by atoms with Crippen molar-refractivity contribution in [3.63, 3.8) is 0 Å². The molecule has 0 radical (unpaired) electrons. The lowest BCUT2D eigenvalue weighted by Gasteiger charge is -2.10. The zero-order valence-corrected chi connectivity index (χ0v) is 12.7. The molecule has 0 spiro atoms. The van der Waals surface area contributed by atoms with Gasteiger partial charge < -0.3 is 0 Å². The Hall–Kier alpha value is -2.24. The maximum Gasteiger partial charge on any atom is 0.416 e. The molecule has 24 heavy (non-hydrogen) atoms. The fourth-order valence-electron chi connectivity index (χ4n) is 2.26. The molecule has 0 saturated carbocycles. The van der Waals surface area contributed by atoms with Crippen molar-refractivity contribution in [1.29, 1.82) is 0 Å². The number of halogens is 6. The van der Waals surface area contributed by atoms with Gasteiger partial charge in [0.15, 0.2) is 0 Å². The summed E-state index contributed by atoms with van der Waals surface area (Å²) in [5.74, 6) is 0. The van der Waals surface area contributed by atoms with Crippen LogP contribution >= 0.6 is 0 Å². The number of aryl methyl sites for hydroxylation is 1. The van der Waals surface area contributed by atoms with Crippen LogP contribution in [0.1, 0.15) is 34.7 Å². The van der Waals surface area contributed by atoms with Crippen LogP contribution in [0.2, 0.25) is 0 Å². The van der Waals surface area contributed by atoms with Crippen molar-refractivity contribution in [3.05, 3.63) is 70.3 Å². The predicted molar refractivity (Wildman–Crippen MR) is 81.2 cm³/mol. The van der Waals surface area contributed by atoms with Crippen LogP contribution in [-0.2, 0) is 18.8 Å². The number of benzene rings is 2. The third-order valence-electron chi connectivity index (χ3n) is 3.52. The summed E-state index contributed by atoms with van der Waals surface area (Å²) in [6.45, 7) is 1.72. The smallest absolute Gasteiger partial charge is 0.166 e. The molecule has 0 aliphatic rings. The Morgan fingerprint density at radius 3 is 2.00 bits per heavy atom.